The zero-order valence-electron chi connectivity index (χ0n) is 16.6. The first kappa shape index (κ1) is 26.2. The summed E-state index contributed by atoms with van der Waals surface area (Å²) in [7, 11) is -8.66. The minimum absolute atomic E-state index is 0. The van der Waals surface area contributed by atoms with Crippen molar-refractivity contribution in [3.05, 3.63) is 52.1 Å². The number of para-hydroxylation sites is 1. The third-order valence-electron chi connectivity index (χ3n) is 4.13. The summed E-state index contributed by atoms with van der Waals surface area (Å²) in [6.07, 6.45) is 0. The molecule has 0 aliphatic carbocycles. The molecule has 9 nitrogen and oxygen atoms in total. The zero-order valence-corrected chi connectivity index (χ0v) is 21.8. The second-order valence-corrected chi connectivity index (χ2v) is 9.88. The number of halogens is 2. The van der Waals surface area contributed by atoms with Crippen LogP contribution in [0.1, 0.15) is 12.6 Å². The van der Waals surface area contributed by atoms with Crippen LogP contribution in [0.2, 0.25) is 10.0 Å². The molecular weight excluding hydrogens is 498 g/mol. The first-order chi connectivity index (χ1) is 14.0. The maximum atomic E-state index is 12.2. The third-order valence-corrected chi connectivity index (χ3v) is 7.36. The third kappa shape index (κ3) is 5.32. The number of azo groups is 1. The molecule has 1 aromatic heterocycles. The van der Waals surface area contributed by atoms with E-state index in [2.05, 4.69) is 15.0 Å². The molecule has 0 saturated carbocycles. The minimum atomic E-state index is -4.82. The number of nitrogens with zero attached hydrogens (tertiary/aromatic N) is 3. The molecule has 2 aromatic carbocycles. The van der Waals surface area contributed by atoms with E-state index in [4.69, 9.17) is 23.2 Å². The average Bonchev–Trinajstić information content (AvgIpc) is 2.93. The van der Waals surface area contributed by atoms with Gasteiger partial charge in [-0.1, -0.05) is 48.3 Å². The van der Waals surface area contributed by atoms with Gasteiger partial charge in [-0.2, -0.15) is 0 Å². The Hall–Kier alpha value is -1.02. The fraction of sp³-hybridized carbons (Fsp3) is 0.176. The van der Waals surface area contributed by atoms with Gasteiger partial charge in [0.15, 0.2) is 10.3 Å². The normalized spacial score (nSPS) is 12.4. The zero-order chi connectivity index (χ0) is 22.3. The molecule has 14 heteroatoms. The summed E-state index contributed by atoms with van der Waals surface area (Å²) in [5, 5.41) is 8.31. The predicted octanol–water partition coefficient (Wildman–Crippen LogP) is 1.28. The van der Waals surface area contributed by atoms with Gasteiger partial charge in [-0.05, 0) is 25.1 Å². The van der Waals surface area contributed by atoms with Gasteiger partial charge in [0, 0.05) is 11.9 Å². The van der Waals surface area contributed by atoms with Crippen LogP contribution in [0, 0.1) is 6.92 Å². The van der Waals surface area contributed by atoms with Crippen LogP contribution < -0.4 is 34.3 Å². The summed E-state index contributed by atoms with van der Waals surface area (Å²) in [4.78, 5) is -0.208. The van der Waals surface area contributed by atoms with Gasteiger partial charge < -0.3 is 4.55 Å². The molecule has 3 aromatic rings. The number of sulfonamides is 1. The first-order valence-corrected chi connectivity index (χ1v) is 12.0. The van der Waals surface area contributed by atoms with Gasteiger partial charge in [0.2, 0.25) is 10.0 Å². The molecule has 0 unspecified atom stereocenters. The van der Waals surface area contributed by atoms with E-state index in [9.17, 15) is 21.4 Å². The van der Waals surface area contributed by atoms with Gasteiger partial charge in [0.1, 0.15) is 16.3 Å². The molecule has 0 atom stereocenters. The molecule has 0 fully saturated rings. The monoisotopic (exact) mass is 512 g/mol. The Labute approximate surface area is 211 Å². The molecule has 0 amide bonds. The van der Waals surface area contributed by atoms with Crippen molar-refractivity contribution in [1.29, 1.82) is 0 Å². The van der Waals surface area contributed by atoms with Crippen LogP contribution in [-0.4, -0.2) is 31.9 Å². The van der Waals surface area contributed by atoms with E-state index in [1.165, 1.54) is 19.1 Å². The SMILES string of the molecule is CCNS(=O)(=O)c1cc(Cl)c(N=Nc2c(C)n(S(=O)(=O)[O-])c3ccccc23)cc1Cl.[Na+]. The molecule has 31 heavy (non-hydrogen) atoms. The number of nitrogens with one attached hydrogen (secondary N) is 1. The standard InChI is InChI=1S/C17H16Cl2N4O5S2.Na/c1-3-20-29(24,25)16-9-12(18)14(8-13(16)19)21-22-17-10(2)23(30(26,27)28)15-7-5-4-6-11(15)17;/h4-9,20H,3H2,1-2H3,(H,26,27,28);/q;+1/p-1. The van der Waals surface area contributed by atoms with Crippen LogP contribution in [0.15, 0.2) is 51.5 Å². The van der Waals surface area contributed by atoms with E-state index in [1.54, 1.807) is 25.1 Å². The van der Waals surface area contributed by atoms with Crippen molar-refractivity contribution in [2.75, 3.05) is 6.54 Å². The predicted molar refractivity (Wildman–Crippen MR) is 113 cm³/mol. The van der Waals surface area contributed by atoms with E-state index >= 15 is 0 Å². The van der Waals surface area contributed by atoms with Gasteiger partial charge in [0.25, 0.3) is 0 Å². The molecule has 0 spiro atoms. The number of hydrogen-bond acceptors (Lipinski definition) is 7. The Balaban J connectivity index is 0.00000341. The van der Waals surface area contributed by atoms with Crippen LogP contribution >= 0.6 is 23.2 Å². The average molecular weight is 513 g/mol. The molecule has 0 bridgehead atoms. The van der Waals surface area contributed by atoms with Gasteiger partial charge in [-0.15, -0.1) is 10.2 Å². The molecule has 1 heterocycles. The molecule has 160 valence electrons. The minimum Gasteiger partial charge on any atom is -0.731 e. The van der Waals surface area contributed by atoms with Gasteiger partial charge in [0.05, 0.1) is 21.3 Å². The van der Waals surface area contributed by atoms with Crippen molar-refractivity contribution in [2.45, 2.75) is 18.7 Å². The Morgan fingerprint density at radius 3 is 2.32 bits per heavy atom. The van der Waals surface area contributed by atoms with E-state index < -0.39 is 20.3 Å². The fourth-order valence-corrected chi connectivity index (χ4v) is 5.58. The molecule has 1 N–H and O–H groups in total. The van der Waals surface area contributed by atoms with Gasteiger partial charge in [-0.3, -0.25) is 0 Å². The quantitative estimate of drug-likeness (QED) is 0.301. The Kier molecular flexibility index (Phi) is 8.34. The maximum absolute atomic E-state index is 12.2. The molecule has 0 radical (unpaired) electrons. The van der Waals surface area contributed by atoms with Gasteiger partial charge >= 0.3 is 29.6 Å². The van der Waals surface area contributed by atoms with Crippen molar-refractivity contribution in [3.8, 4) is 0 Å². The summed E-state index contributed by atoms with van der Waals surface area (Å²) in [5.41, 5.74) is 0.457. The summed E-state index contributed by atoms with van der Waals surface area (Å²) >= 11 is 12.2. The molecular formula is C17H15Cl2N4NaO5S2. The van der Waals surface area contributed by atoms with Crippen molar-refractivity contribution < 1.29 is 50.9 Å². The van der Waals surface area contributed by atoms with Crippen LogP contribution in [0.3, 0.4) is 0 Å². The molecule has 0 aliphatic rings. The van der Waals surface area contributed by atoms with E-state index in [1.807, 2.05) is 0 Å². The molecule has 3 rings (SSSR count). The Morgan fingerprint density at radius 2 is 1.71 bits per heavy atom. The number of fused-ring (bicyclic) bond motifs is 1. The van der Waals surface area contributed by atoms with Crippen molar-refractivity contribution in [2.24, 2.45) is 10.2 Å². The summed E-state index contributed by atoms with van der Waals surface area (Å²) in [5.74, 6) is 0. The number of aromatic nitrogens is 1. The van der Waals surface area contributed by atoms with Crippen LogP contribution in [-0.2, 0) is 20.3 Å². The molecule has 0 aliphatic heterocycles. The first-order valence-electron chi connectivity index (χ1n) is 8.44. The van der Waals surface area contributed by atoms with Crippen molar-refractivity contribution in [1.82, 2.24) is 8.69 Å². The van der Waals surface area contributed by atoms with Crippen LogP contribution in [0.25, 0.3) is 10.9 Å². The summed E-state index contributed by atoms with van der Waals surface area (Å²) in [6, 6.07) is 8.70. The van der Waals surface area contributed by atoms with E-state index in [0.29, 0.717) is 9.36 Å². The van der Waals surface area contributed by atoms with E-state index in [0.717, 1.165) is 6.07 Å². The summed E-state index contributed by atoms with van der Waals surface area (Å²) in [6.45, 7) is 3.21. The maximum Gasteiger partial charge on any atom is 1.00 e. The second kappa shape index (κ2) is 9.86. The number of benzene rings is 2. The Bertz CT molecular complexity index is 1390. The summed E-state index contributed by atoms with van der Waals surface area (Å²) < 4.78 is 62.3. The molecule has 0 saturated heterocycles. The smallest absolute Gasteiger partial charge is 0.731 e. The van der Waals surface area contributed by atoms with Crippen molar-refractivity contribution in [3.63, 3.8) is 0 Å². The van der Waals surface area contributed by atoms with E-state index in [-0.39, 0.29) is 73.6 Å². The van der Waals surface area contributed by atoms with Crippen molar-refractivity contribution >= 4 is 65.8 Å². The van der Waals surface area contributed by atoms with Crippen LogP contribution in [0.5, 0.6) is 0 Å². The number of hydrogen-bond donors (Lipinski definition) is 1. The number of rotatable bonds is 6. The second-order valence-electron chi connectivity index (χ2n) is 6.11. The topological polar surface area (TPSA) is 133 Å². The van der Waals surface area contributed by atoms with Gasteiger partial charge in [-0.25, -0.2) is 25.5 Å². The Morgan fingerprint density at radius 1 is 1.06 bits per heavy atom. The largest absolute Gasteiger partial charge is 1.00 e. The van der Waals surface area contributed by atoms with Crippen LogP contribution in [0.4, 0.5) is 11.4 Å². The fourth-order valence-electron chi connectivity index (χ4n) is 2.91.